The molecule has 0 heterocycles. The number of halogens is 1. The lowest BCUT2D eigenvalue weighted by atomic mass is 9.96. The number of carbonyl (C=O) groups is 1. The van der Waals surface area contributed by atoms with Crippen molar-refractivity contribution in [1.29, 1.82) is 0 Å². The molecule has 2 N–H and O–H groups in total. The molecule has 5 heteroatoms. The number of ether oxygens (including phenoxy) is 1. The number of amides is 1. The lowest BCUT2D eigenvalue weighted by molar-refractivity contribution is 0.0914. The van der Waals surface area contributed by atoms with Crippen LogP contribution in [0, 0.1) is 5.82 Å². The normalized spacial score (nSPS) is 15.7. The van der Waals surface area contributed by atoms with Crippen molar-refractivity contribution in [2.45, 2.75) is 38.1 Å². The van der Waals surface area contributed by atoms with Crippen LogP contribution in [0.2, 0.25) is 0 Å². The van der Waals surface area contributed by atoms with Crippen molar-refractivity contribution in [3.05, 3.63) is 35.6 Å². The Hall–Kier alpha value is -1.46. The van der Waals surface area contributed by atoms with Crippen LogP contribution in [-0.2, 0) is 4.74 Å². The van der Waals surface area contributed by atoms with E-state index in [2.05, 4.69) is 10.6 Å². The number of hydrogen-bond acceptors (Lipinski definition) is 3. The Kier molecular flexibility index (Phi) is 7.33. The van der Waals surface area contributed by atoms with Gasteiger partial charge in [0.15, 0.2) is 0 Å². The molecule has 0 bridgehead atoms. The van der Waals surface area contributed by atoms with Crippen molar-refractivity contribution in [3.63, 3.8) is 0 Å². The van der Waals surface area contributed by atoms with Gasteiger partial charge in [-0.25, -0.2) is 4.39 Å². The molecule has 0 spiro atoms. The predicted octanol–water partition coefficient (Wildman–Crippen LogP) is 2.49. The summed E-state index contributed by atoms with van der Waals surface area (Å²) in [6.45, 7) is 2.46. The summed E-state index contributed by atoms with van der Waals surface area (Å²) in [7, 11) is 0. The van der Waals surface area contributed by atoms with E-state index in [1.165, 1.54) is 56.4 Å². The Labute approximate surface area is 131 Å². The van der Waals surface area contributed by atoms with Crippen LogP contribution in [0.4, 0.5) is 4.39 Å². The van der Waals surface area contributed by atoms with Gasteiger partial charge in [0.2, 0.25) is 0 Å². The fraction of sp³-hybridized carbons (Fsp3) is 0.588. The average Bonchev–Trinajstić information content (AvgIpc) is 2.55. The molecule has 1 fully saturated rings. The van der Waals surface area contributed by atoms with Crippen molar-refractivity contribution in [1.82, 2.24) is 10.6 Å². The molecule has 0 atom stereocenters. The van der Waals surface area contributed by atoms with Gasteiger partial charge in [0.05, 0.1) is 13.2 Å². The molecule has 122 valence electrons. The summed E-state index contributed by atoms with van der Waals surface area (Å²) in [4.78, 5) is 11.7. The van der Waals surface area contributed by atoms with Crippen LogP contribution in [0.5, 0.6) is 0 Å². The lowest BCUT2D eigenvalue weighted by Gasteiger charge is -2.22. The van der Waals surface area contributed by atoms with Crippen LogP contribution < -0.4 is 10.6 Å². The molecule has 0 radical (unpaired) electrons. The van der Waals surface area contributed by atoms with Gasteiger partial charge in [-0.2, -0.15) is 0 Å². The fourth-order valence-electron chi connectivity index (χ4n) is 2.68. The van der Waals surface area contributed by atoms with Crippen molar-refractivity contribution in [2.24, 2.45) is 0 Å². The fourth-order valence-corrected chi connectivity index (χ4v) is 2.68. The Balaban J connectivity index is 1.48. The van der Waals surface area contributed by atoms with Crippen LogP contribution in [0.1, 0.15) is 42.5 Å². The summed E-state index contributed by atoms with van der Waals surface area (Å²) < 4.78 is 18.2. The second-order valence-corrected chi connectivity index (χ2v) is 5.66. The third-order valence-electron chi connectivity index (χ3n) is 3.92. The van der Waals surface area contributed by atoms with Crippen LogP contribution in [0.3, 0.4) is 0 Å². The topological polar surface area (TPSA) is 50.4 Å². The van der Waals surface area contributed by atoms with Gasteiger partial charge < -0.3 is 15.4 Å². The van der Waals surface area contributed by atoms with Crippen molar-refractivity contribution in [2.75, 3.05) is 26.3 Å². The third-order valence-corrected chi connectivity index (χ3v) is 3.92. The van der Waals surface area contributed by atoms with Crippen LogP contribution in [0.25, 0.3) is 0 Å². The molecule has 1 amide bonds. The highest BCUT2D eigenvalue weighted by atomic mass is 19.1. The maximum Gasteiger partial charge on any atom is 0.251 e. The first-order chi connectivity index (χ1) is 10.8. The van der Waals surface area contributed by atoms with Crippen molar-refractivity contribution < 1.29 is 13.9 Å². The minimum atomic E-state index is -0.342. The van der Waals surface area contributed by atoms with Gasteiger partial charge in [-0.3, -0.25) is 4.79 Å². The minimum Gasteiger partial charge on any atom is -0.378 e. The SMILES string of the molecule is O=C(NCCOCCNC1CCCCC1)c1ccc(F)cc1. The molecule has 1 aliphatic rings. The van der Waals surface area contributed by atoms with E-state index in [1.807, 2.05) is 0 Å². The first kappa shape index (κ1) is 16.9. The smallest absolute Gasteiger partial charge is 0.251 e. The van der Waals surface area contributed by atoms with E-state index >= 15 is 0 Å². The molecule has 0 aromatic heterocycles. The van der Waals surface area contributed by atoms with E-state index in [0.717, 1.165) is 6.54 Å². The number of carbonyl (C=O) groups excluding carboxylic acids is 1. The molecule has 1 saturated carbocycles. The summed E-state index contributed by atoms with van der Waals surface area (Å²) in [6, 6.07) is 6.15. The average molecular weight is 308 g/mol. The van der Waals surface area contributed by atoms with E-state index in [4.69, 9.17) is 4.74 Å². The molecule has 0 unspecified atom stereocenters. The Morgan fingerprint density at radius 1 is 1.09 bits per heavy atom. The summed E-state index contributed by atoms with van der Waals surface area (Å²) in [6.07, 6.45) is 6.56. The number of nitrogens with one attached hydrogen (secondary N) is 2. The van der Waals surface area contributed by atoms with E-state index in [-0.39, 0.29) is 11.7 Å². The van der Waals surface area contributed by atoms with E-state index in [1.54, 1.807) is 0 Å². The third kappa shape index (κ3) is 6.12. The van der Waals surface area contributed by atoms with Crippen molar-refractivity contribution in [3.8, 4) is 0 Å². The van der Waals surface area contributed by atoms with Gasteiger partial charge in [-0.15, -0.1) is 0 Å². The summed E-state index contributed by atoms with van der Waals surface area (Å²) >= 11 is 0. The second kappa shape index (κ2) is 9.54. The van der Waals surface area contributed by atoms with Gasteiger partial charge in [-0.05, 0) is 37.1 Å². The molecule has 1 aliphatic carbocycles. The van der Waals surface area contributed by atoms with Gasteiger partial charge in [-0.1, -0.05) is 19.3 Å². The molecular formula is C17H25FN2O2. The molecule has 22 heavy (non-hydrogen) atoms. The quantitative estimate of drug-likeness (QED) is 0.726. The first-order valence-electron chi connectivity index (χ1n) is 8.10. The van der Waals surface area contributed by atoms with Gasteiger partial charge >= 0.3 is 0 Å². The maximum absolute atomic E-state index is 12.8. The maximum atomic E-state index is 12.8. The second-order valence-electron chi connectivity index (χ2n) is 5.66. The molecule has 0 aliphatic heterocycles. The molecule has 2 rings (SSSR count). The number of rotatable bonds is 8. The molecule has 1 aromatic carbocycles. The Morgan fingerprint density at radius 3 is 2.50 bits per heavy atom. The zero-order valence-corrected chi connectivity index (χ0v) is 12.9. The molecule has 4 nitrogen and oxygen atoms in total. The highest BCUT2D eigenvalue weighted by molar-refractivity contribution is 5.94. The van der Waals surface area contributed by atoms with Gasteiger partial charge in [0.1, 0.15) is 5.82 Å². The van der Waals surface area contributed by atoms with Crippen LogP contribution in [-0.4, -0.2) is 38.3 Å². The Bertz CT molecular complexity index is 444. The molecule has 0 saturated heterocycles. The summed E-state index contributed by atoms with van der Waals surface area (Å²) in [5.41, 5.74) is 0.459. The molecule has 1 aromatic rings. The highest BCUT2D eigenvalue weighted by Crippen LogP contribution is 2.16. The highest BCUT2D eigenvalue weighted by Gasteiger charge is 2.11. The number of hydrogen-bond donors (Lipinski definition) is 2. The molecular weight excluding hydrogens is 283 g/mol. The minimum absolute atomic E-state index is 0.205. The van der Waals surface area contributed by atoms with Crippen LogP contribution in [0.15, 0.2) is 24.3 Å². The van der Waals surface area contributed by atoms with E-state index in [0.29, 0.717) is 31.4 Å². The van der Waals surface area contributed by atoms with E-state index in [9.17, 15) is 9.18 Å². The zero-order valence-electron chi connectivity index (χ0n) is 12.9. The predicted molar refractivity (Wildman–Crippen MR) is 84.4 cm³/mol. The Morgan fingerprint density at radius 2 is 1.77 bits per heavy atom. The van der Waals surface area contributed by atoms with E-state index < -0.39 is 0 Å². The van der Waals surface area contributed by atoms with Crippen LogP contribution >= 0.6 is 0 Å². The summed E-state index contributed by atoms with van der Waals surface area (Å²) in [5.74, 6) is -0.547. The zero-order chi connectivity index (χ0) is 15.6. The standard InChI is InChI=1S/C17H25FN2O2/c18-15-8-6-14(7-9-15)17(21)20-11-13-22-12-10-19-16-4-2-1-3-5-16/h6-9,16,19H,1-5,10-13H2,(H,20,21). The monoisotopic (exact) mass is 308 g/mol. The first-order valence-corrected chi connectivity index (χ1v) is 8.10. The van der Waals surface area contributed by atoms with Gasteiger partial charge in [0.25, 0.3) is 5.91 Å². The summed E-state index contributed by atoms with van der Waals surface area (Å²) in [5, 5.41) is 6.26. The number of benzene rings is 1. The van der Waals surface area contributed by atoms with Gasteiger partial charge in [0, 0.05) is 24.7 Å². The lowest BCUT2D eigenvalue weighted by Crippen LogP contribution is -2.34. The largest absolute Gasteiger partial charge is 0.378 e. The van der Waals surface area contributed by atoms with Crippen molar-refractivity contribution >= 4 is 5.91 Å².